The van der Waals surface area contributed by atoms with Gasteiger partial charge < -0.3 is 16.4 Å². The average Bonchev–Trinajstić information content (AvgIpc) is 3.03. The fraction of sp³-hybridized carbons (Fsp3) is 0.267. The van der Waals surface area contributed by atoms with Crippen LogP contribution in [-0.2, 0) is 17.8 Å². The summed E-state index contributed by atoms with van der Waals surface area (Å²) in [6.07, 6.45) is 0.756. The molecule has 0 bridgehead atoms. The first-order valence-electron chi connectivity index (χ1n) is 6.92. The minimum Gasteiger partial charge on any atom is -0.354 e. The van der Waals surface area contributed by atoms with Gasteiger partial charge in [-0.05, 0) is 12.0 Å². The quantitative estimate of drug-likeness (QED) is 0.694. The summed E-state index contributed by atoms with van der Waals surface area (Å²) in [5.74, 6) is -0.590. The second kappa shape index (κ2) is 9.94. The SMILES string of the molecule is Cl.NCc1nc(C(=O)NCC(=O)NCCc2ccccc2)cs1. The number of nitrogens with one attached hydrogen (secondary N) is 2. The predicted molar refractivity (Wildman–Crippen MR) is 92.7 cm³/mol. The molecule has 1 heterocycles. The highest BCUT2D eigenvalue weighted by Gasteiger charge is 2.11. The topological polar surface area (TPSA) is 97.1 Å². The Morgan fingerprint density at radius 1 is 1.17 bits per heavy atom. The van der Waals surface area contributed by atoms with Crippen molar-refractivity contribution in [3.63, 3.8) is 0 Å². The van der Waals surface area contributed by atoms with E-state index >= 15 is 0 Å². The van der Waals surface area contributed by atoms with E-state index in [1.54, 1.807) is 5.38 Å². The third kappa shape index (κ3) is 6.35. The molecule has 1 aromatic carbocycles. The van der Waals surface area contributed by atoms with Crippen LogP contribution in [0.25, 0.3) is 0 Å². The smallest absolute Gasteiger partial charge is 0.271 e. The summed E-state index contributed by atoms with van der Waals surface area (Å²) in [4.78, 5) is 27.5. The highest BCUT2D eigenvalue weighted by atomic mass is 35.5. The summed E-state index contributed by atoms with van der Waals surface area (Å²) in [6, 6.07) is 9.88. The van der Waals surface area contributed by atoms with Crippen LogP contribution < -0.4 is 16.4 Å². The Morgan fingerprint density at radius 2 is 1.91 bits per heavy atom. The monoisotopic (exact) mass is 354 g/mol. The molecule has 23 heavy (non-hydrogen) atoms. The minimum atomic E-state index is -0.367. The Hall–Kier alpha value is -1.96. The predicted octanol–water partition coefficient (Wildman–Crippen LogP) is 1.11. The third-order valence-corrected chi connectivity index (χ3v) is 3.82. The summed E-state index contributed by atoms with van der Waals surface area (Å²) >= 11 is 1.33. The van der Waals surface area contributed by atoms with Gasteiger partial charge in [0.15, 0.2) is 0 Å². The molecule has 2 aromatic rings. The van der Waals surface area contributed by atoms with Gasteiger partial charge in [0.05, 0.1) is 6.54 Å². The van der Waals surface area contributed by atoms with Crippen molar-refractivity contribution in [3.8, 4) is 0 Å². The van der Waals surface area contributed by atoms with E-state index in [1.807, 2.05) is 30.3 Å². The Morgan fingerprint density at radius 3 is 2.57 bits per heavy atom. The van der Waals surface area contributed by atoms with Crippen molar-refractivity contribution in [3.05, 3.63) is 52.0 Å². The fourth-order valence-electron chi connectivity index (χ4n) is 1.81. The van der Waals surface area contributed by atoms with Crippen molar-refractivity contribution in [1.29, 1.82) is 0 Å². The first-order chi connectivity index (χ1) is 10.7. The molecule has 0 radical (unpaired) electrons. The lowest BCUT2D eigenvalue weighted by molar-refractivity contribution is -0.120. The number of rotatable bonds is 7. The van der Waals surface area contributed by atoms with Gasteiger partial charge in [-0.2, -0.15) is 0 Å². The molecular weight excluding hydrogens is 336 g/mol. The molecule has 0 aliphatic rings. The van der Waals surface area contributed by atoms with Gasteiger partial charge in [0.2, 0.25) is 5.91 Å². The standard InChI is InChI=1S/C15H18N4O2S.ClH/c16-8-14-19-12(10-22-14)15(21)18-9-13(20)17-7-6-11-4-2-1-3-5-11;/h1-5,10H,6-9,16H2,(H,17,20)(H,18,21);1H. The molecule has 124 valence electrons. The number of amides is 2. The molecular formula is C15H19ClN4O2S. The molecule has 0 aliphatic carbocycles. The Kier molecular flexibility index (Phi) is 8.25. The number of hydrogen-bond donors (Lipinski definition) is 3. The maximum atomic E-state index is 11.8. The highest BCUT2D eigenvalue weighted by Crippen LogP contribution is 2.08. The van der Waals surface area contributed by atoms with Gasteiger partial charge in [-0.1, -0.05) is 30.3 Å². The number of hydrogen-bond acceptors (Lipinski definition) is 5. The molecule has 0 aliphatic heterocycles. The van der Waals surface area contributed by atoms with Crippen LogP contribution in [0.4, 0.5) is 0 Å². The molecule has 0 fully saturated rings. The number of nitrogens with two attached hydrogens (primary N) is 1. The lowest BCUT2D eigenvalue weighted by Gasteiger charge is -2.06. The molecule has 2 amide bonds. The summed E-state index contributed by atoms with van der Waals surface area (Å²) in [5, 5.41) is 7.62. The number of thiazole rings is 1. The van der Waals surface area contributed by atoms with E-state index in [2.05, 4.69) is 15.6 Å². The van der Waals surface area contributed by atoms with E-state index in [9.17, 15) is 9.59 Å². The molecule has 0 saturated carbocycles. The van der Waals surface area contributed by atoms with Crippen molar-refractivity contribution in [1.82, 2.24) is 15.6 Å². The highest BCUT2D eigenvalue weighted by molar-refractivity contribution is 7.09. The second-order valence-corrected chi connectivity index (χ2v) is 5.54. The van der Waals surface area contributed by atoms with E-state index in [0.29, 0.717) is 23.8 Å². The van der Waals surface area contributed by atoms with E-state index < -0.39 is 0 Å². The maximum Gasteiger partial charge on any atom is 0.271 e. The van der Waals surface area contributed by atoms with Crippen molar-refractivity contribution < 1.29 is 9.59 Å². The van der Waals surface area contributed by atoms with Crippen LogP contribution in [0.2, 0.25) is 0 Å². The zero-order chi connectivity index (χ0) is 15.8. The van der Waals surface area contributed by atoms with Crippen LogP contribution >= 0.6 is 23.7 Å². The molecule has 1 aromatic heterocycles. The summed E-state index contributed by atoms with van der Waals surface area (Å²) < 4.78 is 0. The van der Waals surface area contributed by atoms with Gasteiger partial charge in [-0.15, -0.1) is 23.7 Å². The Balaban J connectivity index is 0.00000264. The number of carbonyl (C=O) groups is 2. The van der Waals surface area contributed by atoms with E-state index in [4.69, 9.17) is 5.73 Å². The van der Waals surface area contributed by atoms with Gasteiger partial charge >= 0.3 is 0 Å². The fourth-order valence-corrected chi connectivity index (χ4v) is 2.47. The Labute approximate surface area is 144 Å². The van der Waals surface area contributed by atoms with Crippen LogP contribution in [-0.4, -0.2) is 29.9 Å². The van der Waals surface area contributed by atoms with Gasteiger partial charge in [0.1, 0.15) is 10.7 Å². The number of benzene rings is 1. The van der Waals surface area contributed by atoms with Crippen LogP contribution in [0.15, 0.2) is 35.7 Å². The number of aromatic nitrogens is 1. The van der Waals surface area contributed by atoms with Crippen molar-refractivity contribution in [2.24, 2.45) is 5.73 Å². The lowest BCUT2D eigenvalue weighted by atomic mass is 10.1. The van der Waals surface area contributed by atoms with Gasteiger partial charge in [-0.3, -0.25) is 9.59 Å². The van der Waals surface area contributed by atoms with Gasteiger partial charge in [-0.25, -0.2) is 4.98 Å². The second-order valence-electron chi connectivity index (χ2n) is 4.60. The molecule has 0 saturated heterocycles. The maximum absolute atomic E-state index is 11.8. The van der Waals surface area contributed by atoms with E-state index in [-0.39, 0.29) is 30.8 Å². The van der Waals surface area contributed by atoms with E-state index in [1.165, 1.54) is 11.3 Å². The average molecular weight is 355 g/mol. The first-order valence-corrected chi connectivity index (χ1v) is 7.80. The summed E-state index contributed by atoms with van der Waals surface area (Å²) in [6.45, 7) is 0.772. The van der Waals surface area contributed by atoms with Crippen LogP contribution in [0.5, 0.6) is 0 Å². The molecule has 0 spiro atoms. The minimum absolute atomic E-state index is 0. The van der Waals surface area contributed by atoms with Crippen LogP contribution in [0.3, 0.4) is 0 Å². The van der Waals surface area contributed by atoms with Crippen LogP contribution in [0.1, 0.15) is 21.1 Å². The normalized spacial score (nSPS) is 9.78. The lowest BCUT2D eigenvalue weighted by Crippen LogP contribution is -2.37. The summed E-state index contributed by atoms with van der Waals surface area (Å²) in [5.41, 5.74) is 6.89. The molecule has 8 heteroatoms. The zero-order valence-electron chi connectivity index (χ0n) is 12.5. The number of carbonyl (C=O) groups excluding carboxylic acids is 2. The van der Waals surface area contributed by atoms with Gasteiger partial charge in [0.25, 0.3) is 5.91 Å². The largest absolute Gasteiger partial charge is 0.354 e. The van der Waals surface area contributed by atoms with E-state index in [0.717, 1.165) is 12.0 Å². The van der Waals surface area contributed by atoms with Crippen molar-refractivity contribution >= 4 is 35.6 Å². The molecule has 4 N–H and O–H groups in total. The third-order valence-electron chi connectivity index (χ3n) is 2.95. The molecule has 0 unspecified atom stereocenters. The molecule has 0 atom stereocenters. The summed E-state index contributed by atoms with van der Waals surface area (Å²) in [7, 11) is 0. The first kappa shape index (κ1) is 19.1. The van der Waals surface area contributed by atoms with Crippen molar-refractivity contribution in [2.75, 3.05) is 13.1 Å². The Bertz CT molecular complexity index is 633. The van der Waals surface area contributed by atoms with Crippen LogP contribution in [0, 0.1) is 0 Å². The van der Waals surface area contributed by atoms with Crippen molar-refractivity contribution in [2.45, 2.75) is 13.0 Å². The van der Waals surface area contributed by atoms with Gasteiger partial charge in [0, 0.05) is 18.5 Å². The number of halogens is 1. The molecule has 6 nitrogen and oxygen atoms in total. The molecule has 2 rings (SSSR count). The number of nitrogens with zero attached hydrogens (tertiary/aromatic N) is 1. The zero-order valence-corrected chi connectivity index (χ0v) is 14.1.